The van der Waals surface area contributed by atoms with Crippen molar-refractivity contribution in [3.8, 4) is 0 Å². The van der Waals surface area contributed by atoms with E-state index in [1.165, 1.54) is 6.07 Å². The summed E-state index contributed by atoms with van der Waals surface area (Å²) in [4.78, 5) is -0.384. The van der Waals surface area contributed by atoms with Crippen molar-refractivity contribution in [1.82, 2.24) is 0 Å². The summed E-state index contributed by atoms with van der Waals surface area (Å²) in [6, 6.07) is 2.35. The summed E-state index contributed by atoms with van der Waals surface area (Å²) in [6.45, 7) is 0. The molecule has 1 nitrogen and oxygen atoms in total. The molecule has 0 radical (unpaired) electrons. The lowest BCUT2D eigenvalue weighted by Crippen LogP contribution is -2.21. The first-order valence-electron chi connectivity index (χ1n) is 4.75. The van der Waals surface area contributed by atoms with Crippen molar-refractivity contribution in [2.75, 3.05) is 0 Å². The first-order valence-corrected chi connectivity index (χ1v) is 6.35. The predicted molar refractivity (Wildman–Crippen MR) is 59.7 cm³/mol. The Bertz CT molecular complexity index is 488. The van der Waals surface area contributed by atoms with Gasteiger partial charge in [-0.1, -0.05) is 15.9 Å². The van der Waals surface area contributed by atoms with Crippen LogP contribution in [0.5, 0.6) is 0 Å². The van der Waals surface area contributed by atoms with Gasteiger partial charge >= 0.3 is 5.51 Å². The Hall–Kier alpha value is -0.340. The predicted octanol–water partition coefficient (Wildman–Crippen LogP) is 4.29. The van der Waals surface area contributed by atoms with Gasteiger partial charge in [-0.25, -0.2) is 8.78 Å². The number of hydrogen-bond donors (Lipinski definition) is 1. The Balaban J connectivity index is 2.52. The van der Waals surface area contributed by atoms with Crippen LogP contribution in [0.15, 0.2) is 21.5 Å². The van der Waals surface area contributed by atoms with Crippen LogP contribution < -0.4 is 0 Å². The lowest BCUT2D eigenvalue weighted by atomic mass is 10.1. The van der Waals surface area contributed by atoms with Gasteiger partial charge in [0.1, 0.15) is 6.10 Å². The van der Waals surface area contributed by atoms with Crippen LogP contribution in [-0.2, 0) is 6.42 Å². The molecule has 1 aromatic carbocycles. The van der Waals surface area contributed by atoms with Crippen LogP contribution in [0.4, 0.5) is 22.0 Å². The molecule has 0 spiro atoms. The van der Waals surface area contributed by atoms with Crippen molar-refractivity contribution in [3.05, 3.63) is 27.7 Å². The zero-order valence-electron chi connectivity index (χ0n) is 8.56. The van der Waals surface area contributed by atoms with Gasteiger partial charge in [0.25, 0.3) is 5.92 Å². The van der Waals surface area contributed by atoms with Crippen molar-refractivity contribution in [1.29, 1.82) is 0 Å². The summed E-state index contributed by atoms with van der Waals surface area (Å²) in [6.07, 6.45) is -2.97. The molecular formula is C10H6BrF5OS. The molecule has 0 aromatic heterocycles. The first-order chi connectivity index (χ1) is 8.12. The topological polar surface area (TPSA) is 20.2 Å². The molecule has 0 fully saturated rings. The lowest BCUT2D eigenvalue weighted by molar-refractivity contribution is -0.0977. The normalized spacial score (nSPS) is 22.1. The minimum Gasteiger partial charge on any atom is -0.382 e. The largest absolute Gasteiger partial charge is 0.446 e. The van der Waals surface area contributed by atoms with Crippen LogP contribution in [0, 0.1) is 0 Å². The quantitative estimate of drug-likeness (QED) is 0.603. The second kappa shape index (κ2) is 4.35. The highest BCUT2D eigenvalue weighted by atomic mass is 79.9. The smallest absolute Gasteiger partial charge is 0.382 e. The van der Waals surface area contributed by atoms with Gasteiger partial charge in [0, 0.05) is 21.4 Å². The molecule has 1 N–H and O–H groups in total. The van der Waals surface area contributed by atoms with Gasteiger partial charge in [0.15, 0.2) is 0 Å². The van der Waals surface area contributed by atoms with Gasteiger partial charge in [-0.3, -0.25) is 0 Å². The van der Waals surface area contributed by atoms with Crippen LogP contribution in [0.1, 0.15) is 17.2 Å². The minimum absolute atomic E-state index is 0.0294. The van der Waals surface area contributed by atoms with Gasteiger partial charge < -0.3 is 5.11 Å². The van der Waals surface area contributed by atoms with Crippen LogP contribution >= 0.6 is 27.7 Å². The molecule has 100 valence electrons. The van der Waals surface area contributed by atoms with Crippen molar-refractivity contribution < 1.29 is 27.1 Å². The summed E-state index contributed by atoms with van der Waals surface area (Å²) < 4.78 is 63.9. The number of aliphatic hydroxyl groups is 1. The molecule has 0 bridgehead atoms. The third-order valence-electron chi connectivity index (χ3n) is 2.57. The summed E-state index contributed by atoms with van der Waals surface area (Å²) in [5.41, 5.74) is -4.89. The van der Waals surface area contributed by atoms with E-state index in [0.717, 1.165) is 6.07 Å². The van der Waals surface area contributed by atoms with Gasteiger partial charge in [-0.2, -0.15) is 13.2 Å². The molecule has 1 aliphatic rings. The van der Waals surface area contributed by atoms with Gasteiger partial charge in [0.05, 0.1) is 0 Å². The number of benzene rings is 1. The van der Waals surface area contributed by atoms with E-state index in [-0.39, 0.29) is 20.5 Å². The Morgan fingerprint density at radius 1 is 1.33 bits per heavy atom. The van der Waals surface area contributed by atoms with Gasteiger partial charge in [0.2, 0.25) is 0 Å². The SMILES string of the molecule is O[C@H]1c2c(SC(F)(F)F)ccc(Br)c2CC1(F)F. The van der Waals surface area contributed by atoms with E-state index in [4.69, 9.17) is 0 Å². The third kappa shape index (κ3) is 2.50. The van der Waals surface area contributed by atoms with E-state index >= 15 is 0 Å². The van der Waals surface area contributed by atoms with Crippen LogP contribution in [0.2, 0.25) is 0 Å². The molecule has 2 rings (SSSR count). The van der Waals surface area contributed by atoms with Crippen LogP contribution in [-0.4, -0.2) is 16.5 Å². The summed E-state index contributed by atoms with van der Waals surface area (Å²) >= 11 is 2.51. The molecular weight excluding hydrogens is 343 g/mol. The Morgan fingerprint density at radius 3 is 2.50 bits per heavy atom. The Morgan fingerprint density at radius 2 is 1.94 bits per heavy atom. The van der Waals surface area contributed by atoms with Crippen molar-refractivity contribution in [2.45, 2.75) is 28.9 Å². The van der Waals surface area contributed by atoms with Crippen molar-refractivity contribution >= 4 is 27.7 Å². The molecule has 0 heterocycles. The maximum absolute atomic E-state index is 13.4. The molecule has 0 amide bonds. The fraction of sp³-hybridized carbons (Fsp3) is 0.400. The van der Waals surface area contributed by atoms with E-state index in [2.05, 4.69) is 15.9 Å². The standard InChI is InChI=1S/C10H6BrF5OS/c11-5-1-2-6(18-10(14,15)16)7-4(5)3-9(12,13)8(7)17/h1-2,8,17H,3H2/t8-/m0/s1. The number of aliphatic hydroxyl groups excluding tert-OH is 1. The van der Waals surface area contributed by atoms with E-state index in [0.29, 0.717) is 0 Å². The number of fused-ring (bicyclic) bond motifs is 1. The molecule has 0 unspecified atom stereocenters. The number of halogens is 6. The van der Waals surface area contributed by atoms with E-state index < -0.39 is 35.7 Å². The molecule has 0 saturated carbocycles. The summed E-state index contributed by atoms with van der Waals surface area (Å²) in [7, 11) is 0. The average molecular weight is 349 g/mol. The third-order valence-corrected chi connectivity index (χ3v) is 4.12. The van der Waals surface area contributed by atoms with Crippen LogP contribution in [0.3, 0.4) is 0 Å². The zero-order chi connectivity index (χ0) is 13.7. The number of alkyl halides is 5. The fourth-order valence-electron chi connectivity index (χ4n) is 1.85. The number of thioether (sulfide) groups is 1. The molecule has 8 heteroatoms. The summed E-state index contributed by atoms with van der Waals surface area (Å²) in [5.74, 6) is -3.44. The first kappa shape index (κ1) is 14.1. The van der Waals surface area contributed by atoms with E-state index in [9.17, 15) is 27.1 Å². The molecule has 1 atom stereocenters. The zero-order valence-corrected chi connectivity index (χ0v) is 11.0. The van der Waals surface area contributed by atoms with E-state index in [1.54, 1.807) is 0 Å². The van der Waals surface area contributed by atoms with E-state index in [1.807, 2.05) is 0 Å². The maximum Gasteiger partial charge on any atom is 0.446 e. The highest BCUT2D eigenvalue weighted by Crippen LogP contribution is 2.51. The molecule has 0 saturated heterocycles. The lowest BCUT2D eigenvalue weighted by Gasteiger charge is -2.16. The highest BCUT2D eigenvalue weighted by molar-refractivity contribution is 9.10. The number of rotatable bonds is 1. The molecule has 1 aliphatic carbocycles. The average Bonchev–Trinajstić information content (AvgIpc) is 2.43. The molecule has 1 aromatic rings. The van der Waals surface area contributed by atoms with Gasteiger partial charge in [-0.05, 0) is 29.5 Å². The number of hydrogen-bond acceptors (Lipinski definition) is 2. The Labute approximate surface area is 111 Å². The van der Waals surface area contributed by atoms with Crippen molar-refractivity contribution in [3.63, 3.8) is 0 Å². The van der Waals surface area contributed by atoms with Crippen molar-refractivity contribution in [2.24, 2.45) is 0 Å². The Kier molecular flexibility index (Phi) is 3.40. The van der Waals surface area contributed by atoms with Gasteiger partial charge in [-0.15, -0.1) is 0 Å². The minimum atomic E-state index is -4.58. The monoisotopic (exact) mass is 348 g/mol. The summed E-state index contributed by atoms with van der Waals surface area (Å²) in [5, 5.41) is 9.46. The highest BCUT2D eigenvalue weighted by Gasteiger charge is 2.49. The second-order valence-corrected chi connectivity index (χ2v) is 5.79. The molecule has 18 heavy (non-hydrogen) atoms. The molecule has 0 aliphatic heterocycles. The maximum atomic E-state index is 13.4. The van der Waals surface area contributed by atoms with Crippen LogP contribution in [0.25, 0.3) is 0 Å². The second-order valence-electron chi connectivity index (χ2n) is 3.83. The fourth-order valence-corrected chi connectivity index (χ4v) is 3.07.